The summed E-state index contributed by atoms with van der Waals surface area (Å²) < 4.78 is 5.16. The van der Waals surface area contributed by atoms with Gasteiger partial charge in [0.15, 0.2) is 5.75 Å². The summed E-state index contributed by atoms with van der Waals surface area (Å²) in [6, 6.07) is 2.82. The number of amides is 1. The lowest BCUT2D eigenvalue weighted by Crippen LogP contribution is -2.41. The Labute approximate surface area is 116 Å². The molecule has 2 N–H and O–H groups in total. The van der Waals surface area contributed by atoms with Crippen molar-refractivity contribution in [3.05, 3.63) is 22.2 Å². The van der Waals surface area contributed by atoms with Gasteiger partial charge in [0, 0.05) is 12.1 Å². The van der Waals surface area contributed by atoms with Crippen molar-refractivity contribution in [1.29, 1.82) is 0 Å². The molecule has 0 saturated heterocycles. The molecule has 1 aromatic carbocycles. The van der Waals surface area contributed by atoms with Crippen LogP contribution in [0.5, 0.6) is 5.75 Å². The van der Waals surface area contributed by atoms with Crippen molar-refractivity contribution in [2.45, 2.75) is 25.9 Å². The first-order chi connectivity index (χ1) is 8.34. The summed E-state index contributed by atoms with van der Waals surface area (Å²) in [5, 5.41) is 12.7. The van der Waals surface area contributed by atoms with Crippen LogP contribution in [-0.2, 0) is 9.53 Å². The molecular formula is C12H15Cl2NO3. The number of benzene rings is 1. The van der Waals surface area contributed by atoms with Crippen LogP contribution in [0.15, 0.2) is 12.1 Å². The van der Waals surface area contributed by atoms with Gasteiger partial charge in [-0.2, -0.15) is 0 Å². The topological polar surface area (TPSA) is 58.6 Å². The maximum absolute atomic E-state index is 12.0. The van der Waals surface area contributed by atoms with Crippen LogP contribution in [0.1, 0.15) is 20.3 Å². The minimum absolute atomic E-state index is 0.0772. The predicted molar refractivity (Wildman–Crippen MR) is 72.5 cm³/mol. The molecule has 0 aliphatic heterocycles. The molecule has 0 aromatic heterocycles. The Kier molecular flexibility index (Phi) is 4.85. The fourth-order valence-corrected chi connectivity index (χ4v) is 1.81. The third-order valence-corrected chi connectivity index (χ3v) is 3.39. The van der Waals surface area contributed by atoms with E-state index < -0.39 is 5.60 Å². The molecule has 0 bridgehead atoms. The number of phenols is 1. The van der Waals surface area contributed by atoms with Gasteiger partial charge in [0.25, 0.3) is 5.91 Å². The van der Waals surface area contributed by atoms with E-state index in [1.54, 1.807) is 6.92 Å². The van der Waals surface area contributed by atoms with Gasteiger partial charge in [0.1, 0.15) is 5.60 Å². The zero-order chi connectivity index (χ0) is 13.9. The summed E-state index contributed by atoms with van der Waals surface area (Å²) in [5.74, 6) is -0.592. The van der Waals surface area contributed by atoms with E-state index in [2.05, 4.69) is 5.32 Å². The second-order valence-electron chi connectivity index (χ2n) is 4.03. The molecular weight excluding hydrogens is 277 g/mol. The van der Waals surface area contributed by atoms with Gasteiger partial charge >= 0.3 is 0 Å². The Morgan fingerprint density at radius 3 is 2.61 bits per heavy atom. The quantitative estimate of drug-likeness (QED) is 0.836. The number of anilines is 1. The molecule has 0 aliphatic carbocycles. The number of carbonyl (C=O) groups excluding carboxylic acids is 1. The molecule has 6 heteroatoms. The van der Waals surface area contributed by atoms with Crippen LogP contribution in [0.3, 0.4) is 0 Å². The van der Waals surface area contributed by atoms with Crippen LogP contribution in [0, 0.1) is 0 Å². The fraction of sp³-hybridized carbons (Fsp3) is 0.417. The summed E-state index contributed by atoms with van der Waals surface area (Å²) in [6.45, 7) is 3.49. The molecule has 0 fully saturated rings. The van der Waals surface area contributed by atoms with Crippen molar-refractivity contribution in [2.24, 2.45) is 0 Å². The van der Waals surface area contributed by atoms with Crippen molar-refractivity contribution in [3.8, 4) is 5.75 Å². The Hall–Kier alpha value is -0.970. The lowest BCUT2D eigenvalue weighted by atomic mass is 10.0. The van der Waals surface area contributed by atoms with Gasteiger partial charge in [-0.25, -0.2) is 0 Å². The number of hydrogen-bond acceptors (Lipinski definition) is 3. The number of rotatable bonds is 4. The van der Waals surface area contributed by atoms with Crippen molar-refractivity contribution in [3.63, 3.8) is 0 Å². The first-order valence-electron chi connectivity index (χ1n) is 5.38. The number of methoxy groups -OCH3 is 1. The molecule has 100 valence electrons. The van der Waals surface area contributed by atoms with E-state index in [4.69, 9.17) is 27.9 Å². The van der Waals surface area contributed by atoms with E-state index in [0.717, 1.165) is 0 Å². The van der Waals surface area contributed by atoms with Crippen molar-refractivity contribution >= 4 is 34.8 Å². The molecule has 0 spiro atoms. The Balaban J connectivity index is 3.02. The van der Waals surface area contributed by atoms with Crippen LogP contribution < -0.4 is 5.32 Å². The average Bonchev–Trinajstić information content (AvgIpc) is 2.34. The summed E-state index contributed by atoms with van der Waals surface area (Å²) in [7, 11) is 1.45. The lowest BCUT2D eigenvalue weighted by Gasteiger charge is -2.25. The van der Waals surface area contributed by atoms with Crippen LogP contribution in [0.4, 0.5) is 5.69 Å². The van der Waals surface area contributed by atoms with Gasteiger partial charge in [0.05, 0.1) is 10.7 Å². The first-order valence-corrected chi connectivity index (χ1v) is 6.14. The maximum Gasteiger partial charge on any atom is 0.256 e. The highest BCUT2D eigenvalue weighted by Gasteiger charge is 2.31. The summed E-state index contributed by atoms with van der Waals surface area (Å²) in [6.07, 6.45) is 0.490. The largest absolute Gasteiger partial charge is 0.504 e. The van der Waals surface area contributed by atoms with E-state index >= 15 is 0 Å². The van der Waals surface area contributed by atoms with Crippen molar-refractivity contribution < 1.29 is 14.6 Å². The number of carbonyl (C=O) groups is 1. The zero-order valence-electron chi connectivity index (χ0n) is 10.4. The molecule has 1 unspecified atom stereocenters. The van der Waals surface area contributed by atoms with Crippen molar-refractivity contribution in [1.82, 2.24) is 0 Å². The molecule has 18 heavy (non-hydrogen) atoms. The van der Waals surface area contributed by atoms with Crippen LogP contribution in [-0.4, -0.2) is 23.7 Å². The number of phenolic OH excluding ortho intramolecular Hbond substituents is 1. The van der Waals surface area contributed by atoms with E-state index in [1.165, 1.54) is 19.2 Å². The summed E-state index contributed by atoms with van der Waals surface area (Å²) in [4.78, 5) is 12.0. The number of ether oxygens (including phenoxy) is 1. The fourth-order valence-electron chi connectivity index (χ4n) is 1.31. The number of hydrogen-bond donors (Lipinski definition) is 2. The lowest BCUT2D eigenvalue weighted by molar-refractivity contribution is -0.136. The zero-order valence-corrected chi connectivity index (χ0v) is 11.9. The van der Waals surface area contributed by atoms with Gasteiger partial charge in [0.2, 0.25) is 0 Å². The molecule has 0 radical (unpaired) electrons. The molecule has 1 aromatic rings. The summed E-state index contributed by atoms with van der Waals surface area (Å²) >= 11 is 11.6. The van der Waals surface area contributed by atoms with Crippen LogP contribution >= 0.6 is 23.2 Å². The maximum atomic E-state index is 12.0. The van der Waals surface area contributed by atoms with Crippen LogP contribution in [0.2, 0.25) is 10.0 Å². The standard InChI is InChI=1S/C12H15Cl2NO3/c1-4-12(2,18-3)11(17)15-9-6-7(13)5-8(14)10(9)16/h5-6,16H,4H2,1-3H3,(H,15,17). The molecule has 4 nitrogen and oxygen atoms in total. The number of nitrogens with one attached hydrogen (secondary N) is 1. The second kappa shape index (κ2) is 5.78. The molecule has 1 rings (SSSR count). The molecule has 0 saturated carbocycles. The number of halogens is 2. The minimum Gasteiger partial charge on any atom is -0.504 e. The highest BCUT2D eigenvalue weighted by molar-refractivity contribution is 6.36. The van der Waals surface area contributed by atoms with Crippen LogP contribution in [0.25, 0.3) is 0 Å². The average molecular weight is 292 g/mol. The molecule has 1 amide bonds. The third kappa shape index (κ3) is 3.07. The smallest absolute Gasteiger partial charge is 0.256 e. The summed E-state index contributed by atoms with van der Waals surface area (Å²) in [5.41, 5.74) is -0.810. The van der Waals surface area contributed by atoms with Gasteiger partial charge in [-0.05, 0) is 25.5 Å². The van der Waals surface area contributed by atoms with Gasteiger partial charge in [-0.3, -0.25) is 4.79 Å². The highest BCUT2D eigenvalue weighted by Crippen LogP contribution is 2.35. The van der Waals surface area contributed by atoms with E-state index in [0.29, 0.717) is 11.4 Å². The second-order valence-corrected chi connectivity index (χ2v) is 4.87. The van der Waals surface area contributed by atoms with E-state index in [-0.39, 0.29) is 22.4 Å². The van der Waals surface area contributed by atoms with Gasteiger partial charge in [-0.15, -0.1) is 0 Å². The molecule has 0 aliphatic rings. The predicted octanol–water partition coefficient (Wildman–Crippen LogP) is 3.45. The first kappa shape index (κ1) is 15.1. The van der Waals surface area contributed by atoms with Gasteiger partial charge in [-0.1, -0.05) is 30.1 Å². The Morgan fingerprint density at radius 1 is 1.50 bits per heavy atom. The Bertz CT molecular complexity index is 459. The SMILES string of the molecule is CCC(C)(OC)C(=O)Nc1cc(Cl)cc(Cl)c1O. The molecule has 0 heterocycles. The number of aromatic hydroxyl groups is 1. The molecule has 1 atom stereocenters. The normalized spacial score (nSPS) is 14.1. The van der Waals surface area contributed by atoms with Gasteiger partial charge < -0.3 is 15.2 Å². The van der Waals surface area contributed by atoms with E-state index in [1.807, 2.05) is 6.92 Å². The third-order valence-electron chi connectivity index (χ3n) is 2.88. The monoisotopic (exact) mass is 291 g/mol. The highest BCUT2D eigenvalue weighted by atomic mass is 35.5. The Morgan fingerprint density at radius 2 is 2.11 bits per heavy atom. The van der Waals surface area contributed by atoms with Crippen molar-refractivity contribution in [2.75, 3.05) is 12.4 Å². The minimum atomic E-state index is -0.971. The van der Waals surface area contributed by atoms with E-state index in [9.17, 15) is 9.90 Å².